The molecule has 0 saturated carbocycles. The minimum atomic E-state index is -3.71. The molecule has 1 saturated heterocycles. The van der Waals surface area contributed by atoms with Gasteiger partial charge in [-0.1, -0.05) is 25.1 Å². The first-order valence-corrected chi connectivity index (χ1v) is 10.7. The van der Waals surface area contributed by atoms with Crippen LogP contribution in [0.2, 0.25) is 0 Å². The predicted octanol–water partition coefficient (Wildman–Crippen LogP) is 3.51. The Labute approximate surface area is 165 Å². The number of aryl methyl sites for hydroxylation is 2. The third-order valence-corrected chi connectivity index (χ3v) is 6.95. The fourth-order valence-corrected chi connectivity index (χ4v) is 5.50. The number of nitrogens with one attached hydrogen (secondary N) is 1. The average molecular weight is 401 g/mol. The summed E-state index contributed by atoms with van der Waals surface area (Å²) in [4.78, 5) is 25.1. The lowest BCUT2D eigenvalue weighted by molar-refractivity contribution is -0.123. The van der Waals surface area contributed by atoms with Crippen molar-refractivity contribution in [3.8, 4) is 0 Å². The quantitative estimate of drug-likeness (QED) is 0.851. The molecule has 0 aliphatic carbocycles. The highest BCUT2D eigenvalue weighted by atomic mass is 32.2. The Morgan fingerprint density at radius 1 is 1.14 bits per heavy atom. The monoisotopic (exact) mass is 400 g/mol. The first kappa shape index (κ1) is 20.1. The molecule has 2 amide bonds. The Kier molecular flexibility index (Phi) is 5.06. The Bertz CT molecular complexity index is 1040. The van der Waals surface area contributed by atoms with Crippen molar-refractivity contribution in [2.45, 2.75) is 34.1 Å². The van der Waals surface area contributed by atoms with Crippen LogP contribution in [0.4, 0.5) is 11.4 Å². The van der Waals surface area contributed by atoms with E-state index in [2.05, 4.69) is 5.32 Å². The molecule has 0 unspecified atom stereocenters. The van der Waals surface area contributed by atoms with Crippen LogP contribution < -0.4 is 9.62 Å². The van der Waals surface area contributed by atoms with Gasteiger partial charge in [-0.05, 0) is 62.6 Å². The fraction of sp³-hybridized carbons (Fsp3) is 0.333. The van der Waals surface area contributed by atoms with E-state index in [9.17, 15) is 18.0 Å². The maximum atomic E-state index is 12.7. The molecule has 2 aromatic carbocycles. The van der Waals surface area contributed by atoms with E-state index < -0.39 is 21.3 Å². The van der Waals surface area contributed by atoms with Crippen molar-refractivity contribution >= 4 is 33.2 Å². The largest absolute Gasteiger partial charge is 0.321 e. The number of rotatable bonds is 4. The van der Waals surface area contributed by atoms with E-state index in [4.69, 9.17) is 0 Å². The minimum Gasteiger partial charge on any atom is -0.321 e. The molecule has 28 heavy (non-hydrogen) atoms. The smallest absolute Gasteiger partial charge is 0.255 e. The van der Waals surface area contributed by atoms with Crippen LogP contribution in [0, 0.1) is 12.3 Å². The molecular weight excluding hydrogens is 376 g/mol. The number of anilines is 2. The zero-order valence-corrected chi connectivity index (χ0v) is 17.3. The number of benzene rings is 2. The van der Waals surface area contributed by atoms with Gasteiger partial charge in [0.1, 0.15) is 0 Å². The van der Waals surface area contributed by atoms with Gasteiger partial charge in [0, 0.05) is 11.3 Å². The van der Waals surface area contributed by atoms with Crippen LogP contribution in [0.25, 0.3) is 0 Å². The summed E-state index contributed by atoms with van der Waals surface area (Å²) in [5.74, 6) is -0.975. The number of carbonyl (C=O) groups is 2. The van der Waals surface area contributed by atoms with Gasteiger partial charge < -0.3 is 5.32 Å². The fourth-order valence-electron chi connectivity index (χ4n) is 3.40. The second-order valence-electron chi connectivity index (χ2n) is 7.67. The van der Waals surface area contributed by atoms with E-state index in [1.165, 1.54) is 24.3 Å². The zero-order chi connectivity index (χ0) is 20.7. The SMILES string of the molecule is CCc1cccc(C)c1NC(=O)c1ccc(N2C(=O)C(C)(C)CS2(=O)=O)cc1. The van der Waals surface area contributed by atoms with Gasteiger partial charge in [-0.2, -0.15) is 0 Å². The number of nitrogens with zero attached hydrogens (tertiary/aromatic N) is 1. The molecule has 0 spiro atoms. The highest BCUT2D eigenvalue weighted by Crippen LogP contribution is 2.35. The molecule has 3 rings (SSSR count). The van der Waals surface area contributed by atoms with Crippen molar-refractivity contribution in [1.82, 2.24) is 0 Å². The number of sulfonamides is 1. The summed E-state index contributed by atoms with van der Waals surface area (Å²) >= 11 is 0. The normalized spacial score (nSPS) is 17.6. The molecule has 1 heterocycles. The van der Waals surface area contributed by atoms with E-state index >= 15 is 0 Å². The molecular formula is C21H24N2O4S. The first-order valence-electron chi connectivity index (χ1n) is 9.14. The lowest BCUT2D eigenvalue weighted by atomic mass is 9.95. The maximum Gasteiger partial charge on any atom is 0.255 e. The lowest BCUT2D eigenvalue weighted by Crippen LogP contribution is -2.32. The molecule has 1 aliphatic rings. The summed E-state index contributed by atoms with van der Waals surface area (Å²) < 4.78 is 25.6. The second kappa shape index (κ2) is 7.05. The molecule has 7 heteroatoms. The molecule has 148 valence electrons. The number of hydrogen-bond donors (Lipinski definition) is 1. The molecule has 1 aliphatic heterocycles. The van der Waals surface area contributed by atoms with E-state index in [0.29, 0.717) is 5.56 Å². The minimum absolute atomic E-state index is 0.228. The number of carbonyl (C=O) groups excluding carboxylic acids is 2. The molecule has 2 aromatic rings. The molecule has 0 bridgehead atoms. The van der Waals surface area contributed by atoms with Gasteiger partial charge in [-0.15, -0.1) is 0 Å². The second-order valence-corrected chi connectivity index (χ2v) is 9.49. The third kappa shape index (κ3) is 3.54. The van der Waals surface area contributed by atoms with Crippen LogP contribution in [-0.4, -0.2) is 26.0 Å². The molecule has 6 nitrogen and oxygen atoms in total. The van der Waals surface area contributed by atoms with Gasteiger partial charge >= 0.3 is 0 Å². The van der Waals surface area contributed by atoms with Crippen LogP contribution in [0.15, 0.2) is 42.5 Å². The molecule has 0 atom stereocenters. The zero-order valence-electron chi connectivity index (χ0n) is 16.4. The van der Waals surface area contributed by atoms with Gasteiger partial charge in [-0.25, -0.2) is 12.7 Å². The summed E-state index contributed by atoms with van der Waals surface area (Å²) in [6, 6.07) is 11.9. The van der Waals surface area contributed by atoms with Crippen LogP contribution in [0.5, 0.6) is 0 Å². The van der Waals surface area contributed by atoms with Crippen molar-refractivity contribution < 1.29 is 18.0 Å². The first-order chi connectivity index (χ1) is 13.1. The van der Waals surface area contributed by atoms with Crippen molar-refractivity contribution in [2.75, 3.05) is 15.4 Å². The number of hydrogen-bond acceptors (Lipinski definition) is 4. The van der Waals surface area contributed by atoms with Gasteiger partial charge in [0.05, 0.1) is 16.9 Å². The topological polar surface area (TPSA) is 83.6 Å². The Hall–Kier alpha value is -2.67. The highest BCUT2D eigenvalue weighted by Gasteiger charge is 2.49. The van der Waals surface area contributed by atoms with E-state index in [1.807, 2.05) is 32.0 Å². The molecule has 0 radical (unpaired) electrons. The lowest BCUT2D eigenvalue weighted by Gasteiger charge is -2.18. The summed E-state index contributed by atoms with van der Waals surface area (Å²) in [6.45, 7) is 7.18. The van der Waals surface area contributed by atoms with Crippen molar-refractivity contribution in [3.63, 3.8) is 0 Å². The van der Waals surface area contributed by atoms with E-state index in [-0.39, 0.29) is 17.3 Å². The Balaban J connectivity index is 1.86. The third-order valence-electron chi connectivity index (χ3n) is 4.93. The van der Waals surface area contributed by atoms with Crippen molar-refractivity contribution in [3.05, 3.63) is 59.2 Å². The Morgan fingerprint density at radius 2 is 1.79 bits per heavy atom. The summed E-state index contributed by atoms with van der Waals surface area (Å²) in [6.07, 6.45) is 0.793. The number of para-hydroxylation sites is 1. The van der Waals surface area contributed by atoms with Gasteiger partial charge in [0.25, 0.3) is 5.91 Å². The van der Waals surface area contributed by atoms with Crippen LogP contribution >= 0.6 is 0 Å². The molecule has 1 fully saturated rings. The van der Waals surface area contributed by atoms with Crippen molar-refractivity contribution in [2.24, 2.45) is 5.41 Å². The maximum absolute atomic E-state index is 12.7. The van der Waals surface area contributed by atoms with E-state index in [1.54, 1.807) is 13.8 Å². The highest BCUT2D eigenvalue weighted by molar-refractivity contribution is 7.94. The van der Waals surface area contributed by atoms with E-state index in [0.717, 1.165) is 27.5 Å². The Morgan fingerprint density at radius 3 is 2.32 bits per heavy atom. The predicted molar refractivity (Wildman–Crippen MR) is 110 cm³/mol. The average Bonchev–Trinajstić information content (AvgIpc) is 2.79. The van der Waals surface area contributed by atoms with Crippen LogP contribution in [0.3, 0.4) is 0 Å². The summed E-state index contributed by atoms with van der Waals surface area (Å²) in [5, 5.41) is 2.94. The molecule has 1 N–H and O–H groups in total. The van der Waals surface area contributed by atoms with Crippen molar-refractivity contribution in [1.29, 1.82) is 0 Å². The standard InChI is InChI=1S/C21H24N2O4S/c1-5-15-8-6-7-14(2)18(15)22-19(24)16-9-11-17(12-10-16)23-20(25)21(3,4)13-28(23,26)27/h6-12H,5,13H2,1-4H3,(H,22,24). The molecule has 0 aromatic heterocycles. The number of amides is 2. The van der Waals surface area contributed by atoms with Gasteiger partial charge in [0.15, 0.2) is 0 Å². The van der Waals surface area contributed by atoms with Gasteiger partial charge in [0.2, 0.25) is 15.9 Å². The van der Waals surface area contributed by atoms with Gasteiger partial charge in [-0.3, -0.25) is 9.59 Å². The van der Waals surface area contributed by atoms with Crippen LogP contribution in [-0.2, 0) is 21.2 Å². The summed E-state index contributed by atoms with van der Waals surface area (Å²) in [7, 11) is -3.71. The summed E-state index contributed by atoms with van der Waals surface area (Å²) in [5.41, 5.74) is 2.48. The van der Waals surface area contributed by atoms with Crippen LogP contribution in [0.1, 0.15) is 42.3 Å².